The van der Waals surface area contributed by atoms with Gasteiger partial charge in [0.1, 0.15) is 0 Å². The number of carbonyl (C=O) groups is 4. The van der Waals surface area contributed by atoms with E-state index in [2.05, 4.69) is 22.7 Å². The number of fused-ring (bicyclic) bond motifs is 2. The monoisotopic (exact) mass is 423 g/mol. The van der Waals surface area contributed by atoms with Crippen molar-refractivity contribution in [1.29, 1.82) is 0 Å². The zero-order valence-electron chi connectivity index (χ0n) is 15.9. The third-order valence-corrected chi connectivity index (χ3v) is 4.48. The van der Waals surface area contributed by atoms with Crippen molar-refractivity contribution in [3.8, 4) is 0 Å². The Morgan fingerprint density at radius 2 is 1.67 bits per heavy atom. The van der Waals surface area contributed by atoms with Gasteiger partial charge in [0.15, 0.2) is 28.2 Å². The van der Waals surface area contributed by atoms with Crippen molar-refractivity contribution < 1.29 is 23.9 Å². The maximum absolute atomic E-state index is 13.0. The predicted octanol–water partition coefficient (Wildman–Crippen LogP) is 1.79. The van der Waals surface area contributed by atoms with Gasteiger partial charge in [-0.15, -0.1) is 0 Å². The quantitative estimate of drug-likeness (QED) is 0.202. The Hall–Kier alpha value is -3.72. The van der Waals surface area contributed by atoms with Gasteiger partial charge in [0.25, 0.3) is 0 Å². The second-order valence-electron chi connectivity index (χ2n) is 6.29. The van der Waals surface area contributed by atoms with Crippen LogP contribution in [-0.4, -0.2) is 40.8 Å². The number of hydrazone groups is 1. The Morgan fingerprint density at radius 1 is 1.03 bits per heavy atom. The largest absolute Gasteiger partial charge is 0.461 e. The molecule has 3 rings (SSSR count). The summed E-state index contributed by atoms with van der Waals surface area (Å²) in [5.41, 5.74) is 8.00. The van der Waals surface area contributed by atoms with E-state index in [1.807, 2.05) is 0 Å². The van der Waals surface area contributed by atoms with E-state index in [4.69, 9.17) is 10.5 Å². The van der Waals surface area contributed by atoms with Crippen molar-refractivity contribution in [2.24, 2.45) is 10.8 Å². The Balaban J connectivity index is 2.01. The summed E-state index contributed by atoms with van der Waals surface area (Å²) in [5, 5.41) is 3.55. The second kappa shape index (κ2) is 8.75. The summed E-state index contributed by atoms with van der Waals surface area (Å²) in [6.07, 6.45) is -0.478. The van der Waals surface area contributed by atoms with Crippen molar-refractivity contribution in [2.75, 3.05) is 6.61 Å². The van der Waals surface area contributed by atoms with Gasteiger partial charge in [-0.25, -0.2) is 4.79 Å². The number of hydrogen-bond acceptors (Lipinski definition) is 7. The van der Waals surface area contributed by atoms with Gasteiger partial charge in [0, 0.05) is 27.8 Å². The van der Waals surface area contributed by atoms with Crippen LogP contribution < -0.4 is 11.2 Å². The van der Waals surface area contributed by atoms with Gasteiger partial charge in [-0.05, 0) is 19.1 Å². The normalized spacial score (nSPS) is 12.6. The first kappa shape index (κ1) is 21.0. The van der Waals surface area contributed by atoms with E-state index in [0.717, 1.165) is 0 Å². The Bertz CT molecular complexity index is 1120. The third-order valence-electron chi connectivity index (χ3n) is 4.39. The molecule has 0 aromatic heterocycles. The number of hydrogen-bond donors (Lipinski definition) is 2. The van der Waals surface area contributed by atoms with Gasteiger partial charge in [0.2, 0.25) is 0 Å². The molecule has 0 radical (unpaired) electrons. The molecule has 30 heavy (non-hydrogen) atoms. The first-order chi connectivity index (χ1) is 14.3. The number of nitrogens with zero attached hydrogens (tertiary/aromatic N) is 1. The number of rotatable bonds is 6. The molecule has 2 aromatic rings. The average Bonchev–Trinajstić information content (AvgIpc) is 2.74. The van der Waals surface area contributed by atoms with Gasteiger partial charge in [0.05, 0.1) is 13.0 Å². The van der Waals surface area contributed by atoms with Crippen LogP contribution in [0.15, 0.2) is 47.6 Å². The van der Waals surface area contributed by atoms with E-state index in [0.29, 0.717) is 0 Å². The molecule has 0 amide bonds. The third kappa shape index (κ3) is 4.01. The van der Waals surface area contributed by atoms with Crippen LogP contribution >= 0.6 is 12.2 Å². The molecule has 0 heterocycles. The van der Waals surface area contributed by atoms with E-state index in [-0.39, 0.29) is 51.0 Å². The first-order valence-corrected chi connectivity index (χ1v) is 9.39. The zero-order valence-corrected chi connectivity index (χ0v) is 16.7. The van der Waals surface area contributed by atoms with Crippen LogP contribution in [0.3, 0.4) is 0 Å². The van der Waals surface area contributed by atoms with Gasteiger partial charge < -0.3 is 10.5 Å². The average molecular weight is 423 g/mol. The van der Waals surface area contributed by atoms with Crippen LogP contribution in [0.4, 0.5) is 0 Å². The molecule has 0 aliphatic heterocycles. The lowest BCUT2D eigenvalue weighted by molar-refractivity contribution is -0.135. The van der Waals surface area contributed by atoms with E-state index >= 15 is 0 Å². The fourth-order valence-electron chi connectivity index (χ4n) is 3.12. The highest BCUT2D eigenvalue weighted by Crippen LogP contribution is 2.30. The minimum absolute atomic E-state index is 0.0108. The smallest absolute Gasteiger partial charge is 0.354 e. The Morgan fingerprint density at radius 3 is 2.30 bits per heavy atom. The van der Waals surface area contributed by atoms with Crippen molar-refractivity contribution in [2.45, 2.75) is 13.3 Å². The highest BCUT2D eigenvalue weighted by molar-refractivity contribution is 7.80. The summed E-state index contributed by atoms with van der Waals surface area (Å²) in [7, 11) is 0. The first-order valence-electron chi connectivity index (χ1n) is 8.98. The summed E-state index contributed by atoms with van der Waals surface area (Å²) in [5.74, 6) is -2.18. The summed E-state index contributed by atoms with van der Waals surface area (Å²) in [6.45, 7) is 1.68. The SMILES string of the molecule is CCOC(=O)/C(CC(=O)c1cccc2c1C(=O)c1ccccc1C2=O)=N/NC(N)=S. The lowest BCUT2D eigenvalue weighted by Gasteiger charge is -2.19. The van der Waals surface area contributed by atoms with Gasteiger partial charge >= 0.3 is 5.97 Å². The van der Waals surface area contributed by atoms with Crippen molar-refractivity contribution >= 4 is 46.4 Å². The summed E-state index contributed by atoms with van der Waals surface area (Å²) in [6, 6.07) is 10.9. The number of ether oxygens (including phenoxy) is 1. The lowest BCUT2D eigenvalue weighted by atomic mass is 9.80. The summed E-state index contributed by atoms with van der Waals surface area (Å²) in [4.78, 5) is 51.0. The minimum Gasteiger partial charge on any atom is -0.461 e. The van der Waals surface area contributed by atoms with E-state index < -0.39 is 24.0 Å². The molecule has 8 nitrogen and oxygen atoms in total. The van der Waals surface area contributed by atoms with Crippen molar-refractivity contribution in [3.05, 3.63) is 70.3 Å². The molecule has 9 heteroatoms. The number of ketones is 3. The molecule has 0 spiro atoms. The number of Topliss-reactive ketones (excluding diaryl/α,β-unsaturated/α-hetero) is 1. The molecule has 0 atom stereocenters. The molecular formula is C21H17N3O5S. The Kier molecular flexibility index (Phi) is 6.12. The Labute approximate surface area is 177 Å². The molecule has 0 unspecified atom stereocenters. The highest BCUT2D eigenvalue weighted by Gasteiger charge is 2.33. The topological polar surface area (TPSA) is 128 Å². The number of nitrogens with one attached hydrogen (secondary N) is 1. The number of esters is 1. The van der Waals surface area contributed by atoms with Crippen LogP contribution in [-0.2, 0) is 9.53 Å². The van der Waals surface area contributed by atoms with Crippen molar-refractivity contribution in [3.63, 3.8) is 0 Å². The standard InChI is InChI=1S/C21H17N3O5S/c1-2-29-20(28)15(23-24-21(22)30)10-16(25)13-8-5-9-14-17(13)19(27)12-7-4-3-6-11(12)18(14)26/h3-9H,2,10H2,1H3,(H3,22,24,30)/b23-15+. The molecule has 3 N–H and O–H groups in total. The maximum atomic E-state index is 13.0. The molecule has 0 saturated carbocycles. The van der Waals surface area contributed by atoms with Crippen molar-refractivity contribution in [1.82, 2.24) is 5.43 Å². The van der Waals surface area contributed by atoms with Crippen LogP contribution in [0.5, 0.6) is 0 Å². The lowest BCUT2D eigenvalue weighted by Crippen LogP contribution is -2.30. The molecule has 152 valence electrons. The van der Waals surface area contributed by atoms with Crippen LogP contribution in [0.25, 0.3) is 0 Å². The van der Waals surface area contributed by atoms with E-state index in [1.54, 1.807) is 25.1 Å². The van der Waals surface area contributed by atoms with Crippen LogP contribution in [0, 0.1) is 0 Å². The molecule has 1 aliphatic rings. The summed E-state index contributed by atoms with van der Waals surface area (Å²) < 4.78 is 4.90. The predicted molar refractivity (Wildman–Crippen MR) is 113 cm³/mol. The molecule has 0 saturated heterocycles. The number of benzene rings is 2. The van der Waals surface area contributed by atoms with E-state index in [1.165, 1.54) is 24.3 Å². The molecule has 1 aliphatic carbocycles. The maximum Gasteiger partial charge on any atom is 0.354 e. The fourth-order valence-corrected chi connectivity index (χ4v) is 3.16. The minimum atomic E-state index is -0.827. The number of thiocarbonyl (C=S) groups is 1. The van der Waals surface area contributed by atoms with Gasteiger partial charge in [-0.3, -0.25) is 19.8 Å². The molecular weight excluding hydrogens is 406 g/mol. The zero-order chi connectivity index (χ0) is 21.8. The van der Waals surface area contributed by atoms with Gasteiger partial charge in [-0.1, -0.05) is 42.5 Å². The number of carbonyl (C=O) groups excluding carboxylic acids is 4. The molecule has 2 aromatic carbocycles. The second-order valence-corrected chi connectivity index (χ2v) is 6.73. The van der Waals surface area contributed by atoms with Crippen LogP contribution in [0.1, 0.15) is 55.5 Å². The number of nitrogens with two attached hydrogens (primary N) is 1. The van der Waals surface area contributed by atoms with Crippen LogP contribution in [0.2, 0.25) is 0 Å². The fraction of sp³-hybridized carbons (Fsp3) is 0.143. The highest BCUT2D eigenvalue weighted by atomic mass is 32.1. The summed E-state index contributed by atoms with van der Waals surface area (Å²) >= 11 is 4.66. The van der Waals surface area contributed by atoms with Gasteiger partial charge in [-0.2, -0.15) is 5.10 Å². The van der Waals surface area contributed by atoms with E-state index in [9.17, 15) is 19.2 Å². The molecule has 0 bridgehead atoms. The molecule has 0 fully saturated rings.